The van der Waals surface area contributed by atoms with E-state index in [2.05, 4.69) is 33.0 Å². The maximum atomic E-state index is 13.6. The Bertz CT molecular complexity index is 1410. The van der Waals surface area contributed by atoms with Crippen LogP contribution in [0.2, 0.25) is 5.02 Å². The van der Waals surface area contributed by atoms with Crippen LogP contribution in [0.3, 0.4) is 0 Å². The number of fused-ring (bicyclic) bond motifs is 3. The number of carbonyl (C=O) groups is 3. The van der Waals surface area contributed by atoms with Crippen molar-refractivity contribution in [2.45, 2.75) is 71.9 Å². The summed E-state index contributed by atoms with van der Waals surface area (Å²) in [4.78, 5) is 37.9. The first-order valence-electron chi connectivity index (χ1n) is 14.4. The molecule has 3 unspecified atom stereocenters. The smallest absolute Gasteiger partial charge is 0.255 e. The molecule has 2 fully saturated rings. The second-order valence-corrected chi connectivity index (χ2v) is 13.4. The van der Waals surface area contributed by atoms with E-state index >= 15 is 0 Å². The zero-order valence-corrected chi connectivity index (χ0v) is 24.6. The van der Waals surface area contributed by atoms with Crippen LogP contribution < -0.4 is 11.1 Å². The molecular weight excluding hydrogens is 548 g/mol. The van der Waals surface area contributed by atoms with Crippen molar-refractivity contribution in [1.82, 2.24) is 5.32 Å². The largest absolute Gasteiger partial charge is 0.508 e. The van der Waals surface area contributed by atoms with Gasteiger partial charge >= 0.3 is 0 Å². The van der Waals surface area contributed by atoms with Gasteiger partial charge in [0.05, 0.1) is 5.56 Å². The summed E-state index contributed by atoms with van der Waals surface area (Å²) in [5.41, 5.74) is 3.10. The van der Waals surface area contributed by atoms with Gasteiger partial charge in [0.25, 0.3) is 5.91 Å². The Hall–Kier alpha value is -2.88. The molecule has 222 valence electrons. The molecule has 41 heavy (non-hydrogen) atoms. The third-order valence-electron chi connectivity index (χ3n) is 10.7. The van der Waals surface area contributed by atoms with E-state index in [0.29, 0.717) is 45.9 Å². The molecule has 7 N–H and O–H groups in total. The van der Waals surface area contributed by atoms with E-state index in [4.69, 9.17) is 17.3 Å². The molecule has 0 aliphatic heterocycles. The number of hydrogen-bond acceptors (Lipinski definition) is 8. The Kier molecular flexibility index (Phi) is 7.32. The van der Waals surface area contributed by atoms with Crippen LogP contribution in [0.1, 0.15) is 70.1 Å². The molecular formula is C31H39ClN2O7. The van der Waals surface area contributed by atoms with Gasteiger partial charge in [-0.05, 0) is 72.1 Å². The Morgan fingerprint density at radius 1 is 1.20 bits per heavy atom. The van der Waals surface area contributed by atoms with Gasteiger partial charge in [-0.2, -0.15) is 0 Å². The number of Topliss-reactive ketones (excluding diaryl/α,β-unsaturated/α-hetero) is 2. The van der Waals surface area contributed by atoms with Crippen LogP contribution in [0.4, 0.5) is 0 Å². The number of nitrogens with two attached hydrogens (primary N) is 1. The zero-order chi connectivity index (χ0) is 30.2. The van der Waals surface area contributed by atoms with E-state index in [1.165, 1.54) is 12.5 Å². The standard InChI is InChI=1S/C31H39ClN2O7/c1-5-14(19-6-13(2)30(19,3)4)11-34-12-16-9-20(35)23-18(25(16)32)8-15-7-17-10-21(36)24(29(33)40)28(39)31(17,41)27(38)22(15)26(23)37/h9,13-15,17,19,34-35,37,39,41H,5-8,10-12H2,1-4H3,(H2,33,40)/t13?,14-,15?,17+,19?,31+/m1/s1. The maximum absolute atomic E-state index is 13.6. The minimum Gasteiger partial charge on any atom is -0.508 e. The summed E-state index contributed by atoms with van der Waals surface area (Å²) in [5.74, 6) is -4.72. The molecule has 1 amide bonds. The van der Waals surface area contributed by atoms with Crippen molar-refractivity contribution in [3.05, 3.63) is 44.7 Å². The minimum absolute atomic E-state index is 0.00233. The lowest BCUT2D eigenvalue weighted by atomic mass is 9.51. The monoisotopic (exact) mass is 586 g/mol. The van der Waals surface area contributed by atoms with Gasteiger partial charge in [0.2, 0.25) is 5.78 Å². The van der Waals surface area contributed by atoms with Crippen LogP contribution in [0.15, 0.2) is 23.0 Å². The lowest BCUT2D eigenvalue weighted by molar-refractivity contribution is -0.147. The Morgan fingerprint density at radius 2 is 1.88 bits per heavy atom. The number of rotatable bonds is 7. The molecule has 0 saturated heterocycles. The number of amides is 1. The molecule has 5 rings (SSSR count). The van der Waals surface area contributed by atoms with E-state index in [9.17, 15) is 34.8 Å². The van der Waals surface area contributed by atoms with Crippen molar-refractivity contribution >= 4 is 34.8 Å². The summed E-state index contributed by atoms with van der Waals surface area (Å²) in [6, 6.07) is 1.47. The second-order valence-electron chi connectivity index (χ2n) is 13.0. The SMILES string of the molecule is CC[C@H](CNCc1cc(O)c2c(c1Cl)CC1C[C@H]3CC(=O)C(C(N)=O)=C(O)[C@@]3(O)C(=O)C1=C2O)C1CC(C)C1(C)C. The molecule has 0 spiro atoms. The fraction of sp³-hybridized carbons (Fsp3) is 0.581. The van der Waals surface area contributed by atoms with E-state index in [-0.39, 0.29) is 36.1 Å². The average Bonchev–Trinajstić information content (AvgIpc) is 2.90. The number of aromatic hydroxyl groups is 1. The Labute approximate surface area is 244 Å². The summed E-state index contributed by atoms with van der Waals surface area (Å²) >= 11 is 6.84. The van der Waals surface area contributed by atoms with Gasteiger partial charge in [-0.15, -0.1) is 0 Å². The summed E-state index contributed by atoms with van der Waals surface area (Å²) < 4.78 is 0. The quantitative estimate of drug-likeness (QED) is 0.261. The molecule has 1 aromatic rings. The number of halogens is 1. The number of primary amides is 1. The number of phenols is 1. The van der Waals surface area contributed by atoms with Gasteiger partial charge in [0, 0.05) is 29.5 Å². The van der Waals surface area contributed by atoms with Gasteiger partial charge in [0.15, 0.2) is 11.4 Å². The predicted octanol–water partition coefficient (Wildman–Crippen LogP) is 3.88. The molecule has 0 radical (unpaired) electrons. The second kappa shape index (κ2) is 10.1. The van der Waals surface area contributed by atoms with Crippen LogP contribution in [0, 0.1) is 35.0 Å². The summed E-state index contributed by atoms with van der Waals surface area (Å²) in [5, 5.41) is 48.1. The van der Waals surface area contributed by atoms with E-state index in [1.807, 2.05) is 0 Å². The first-order chi connectivity index (χ1) is 19.2. The number of benzene rings is 1. The van der Waals surface area contributed by atoms with Crippen molar-refractivity contribution in [1.29, 1.82) is 0 Å². The van der Waals surface area contributed by atoms with Crippen LogP contribution in [-0.2, 0) is 27.3 Å². The highest BCUT2D eigenvalue weighted by Crippen LogP contribution is 2.55. The number of nitrogens with one attached hydrogen (secondary N) is 1. The zero-order valence-electron chi connectivity index (χ0n) is 23.9. The topological polar surface area (TPSA) is 170 Å². The summed E-state index contributed by atoms with van der Waals surface area (Å²) in [7, 11) is 0. The molecule has 9 nitrogen and oxygen atoms in total. The highest BCUT2D eigenvalue weighted by molar-refractivity contribution is 6.32. The number of ketones is 2. The molecule has 0 aromatic heterocycles. The third-order valence-corrected chi connectivity index (χ3v) is 11.2. The van der Waals surface area contributed by atoms with Crippen molar-refractivity contribution in [3.8, 4) is 5.75 Å². The number of aliphatic hydroxyl groups excluding tert-OH is 2. The number of carbonyl (C=O) groups excluding carboxylic acids is 3. The van der Waals surface area contributed by atoms with Crippen molar-refractivity contribution < 1.29 is 34.8 Å². The van der Waals surface area contributed by atoms with Crippen molar-refractivity contribution in [2.24, 2.45) is 40.7 Å². The van der Waals surface area contributed by atoms with Crippen molar-refractivity contribution in [3.63, 3.8) is 0 Å². The lowest BCUT2D eigenvalue weighted by Gasteiger charge is -2.54. The minimum atomic E-state index is -2.58. The van der Waals surface area contributed by atoms with Gasteiger partial charge < -0.3 is 31.5 Å². The first-order valence-corrected chi connectivity index (χ1v) is 14.7. The molecule has 6 atom stereocenters. The van der Waals surface area contributed by atoms with Gasteiger partial charge in [-0.25, -0.2) is 0 Å². The van der Waals surface area contributed by atoms with Gasteiger partial charge in [0.1, 0.15) is 22.8 Å². The highest BCUT2D eigenvalue weighted by atomic mass is 35.5. The molecule has 4 aliphatic rings. The predicted molar refractivity (Wildman–Crippen MR) is 153 cm³/mol. The van der Waals surface area contributed by atoms with E-state index < -0.39 is 52.0 Å². The van der Waals surface area contributed by atoms with E-state index in [1.54, 1.807) is 0 Å². The maximum Gasteiger partial charge on any atom is 0.255 e. The van der Waals surface area contributed by atoms with E-state index in [0.717, 1.165) is 13.0 Å². The normalized spacial score (nSPS) is 31.3. The van der Waals surface area contributed by atoms with Crippen LogP contribution in [0.5, 0.6) is 5.75 Å². The molecule has 0 heterocycles. The molecule has 1 aromatic carbocycles. The Balaban J connectivity index is 1.44. The number of phenolic OH excluding ortho intramolecular Hbond substituents is 1. The fourth-order valence-electron chi connectivity index (χ4n) is 7.81. The summed E-state index contributed by atoms with van der Waals surface area (Å²) in [6.45, 7) is 10.4. The number of hydrogen-bond donors (Lipinski definition) is 6. The molecule has 10 heteroatoms. The highest BCUT2D eigenvalue weighted by Gasteiger charge is 2.60. The molecule has 0 bridgehead atoms. The molecule has 2 saturated carbocycles. The average molecular weight is 587 g/mol. The molecule has 4 aliphatic carbocycles. The lowest BCUT2D eigenvalue weighted by Crippen LogP contribution is -2.58. The van der Waals surface area contributed by atoms with Crippen LogP contribution in [0.25, 0.3) is 5.76 Å². The van der Waals surface area contributed by atoms with Gasteiger partial charge in [-0.3, -0.25) is 14.4 Å². The van der Waals surface area contributed by atoms with Crippen molar-refractivity contribution in [2.75, 3.05) is 6.54 Å². The van der Waals surface area contributed by atoms with Gasteiger partial charge in [-0.1, -0.05) is 45.7 Å². The summed E-state index contributed by atoms with van der Waals surface area (Å²) in [6.07, 6.45) is 2.15. The van der Waals surface area contributed by atoms with Crippen LogP contribution >= 0.6 is 11.6 Å². The Morgan fingerprint density at radius 3 is 2.46 bits per heavy atom. The number of aliphatic hydroxyl groups is 3. The third kappa shape index (κ3) is 4.31. The van der Waals surface area contributed by atoms with Crippen LogP contribution in [-0.4, -0.2) is 50.0 Å². The first kappa shape index (κ1) is 29.6. The fourth-order valence-corrected chi connectivity index (χ4v) is 8.10.